The van der Waals surface area contributed by atoms with Crippen molar-refractivity contribution >= 4 is 11.9 Å². The van der Waals surface area contributed by atoms with Crippen molar-refractivity contribution in [1.29, 1.82) is 0 Å². The topological polar surface area (TPSA) is 101 Å². The molecule has 0 unspecified atom stereocenters. The number of hydrogen-bond donors (Lipinski definition) is 1. The van der Waals surface area contributed by atoms with Crippen molar-refractivity contribution in [2.45, 2.75) is 64.5 Å². The molecule has 2 aliphatic rings. The summed E-state index contributed by atoms with van der Waals surface area (Å²) in [6.07, 6.45) is 6.04. The maximum absolute atomic E-state index is 13.5. The van der Waals surface area contributed by atoms with Crippen LogP contribution in [0.15, 0.2) is 47.4 Å². The fourth-order valence-corrected chi connectivity index (χ4v) is 5.58. The maximum atomic E-state index is 13.5. The summed E-state index contributed by atoms with van der Waals surface area (Å²) in [6.45, 7) is 6.76. The predicted molar refractivity (Wildman–Crippen MR) is 144 cm³/mol. The number of carbonyl (C=O) groups is 2. The SMILES string of the molecule is CCCCN(CCCC)C(=O)CN1C[C@H](c2ccc3c(c2)OCO3)[C@@H](C(=O)O)[C@@H]1CCn1ccccc1=O. The minimum Gasteiger partial charge on any atom is -0.481 e. The number of hydrogen-bond acceptors (Lipinski definition) is 6. The highest BCUT2D eigenvalue weighted by molar-refractivity contribution is 5.79. The Morgan fingerprint density at radius 1 is 1.05 bits per heavy atom. The van der Waals surface area contributed by atoms with Gasteiger partial charge in [0.25, 0.3) is 0 Å². The van der Waals surface area contributed by atoms with Gasteiger partial charge in [-0.25, -0.2) is 0 Å². The molecule has 206 valence electrons. The zero-order chi connectivity index (χ0) is 27.1. The first-order valence-corrected chi connectivity index (χ1v) is 13.7. The van der Waals surface area contributed by atoms with Crippen LogP contribution in [0.3, 0.4) is 0 Å². The molecule has 0 radical (unpaired) electrons. The summed E-state index contributed by atoms with van der Waals surface area (Å²) in [5.41, 5.74) is 0.727. The van der Waals surface area contributed by atoms with Crippen LogP contribution in [0.4, 0.5) is 0 Å². The van der Waals surface area contributed by atoms with E-state index < -0.39 is 17.9 Å². The Morgan fingerprint density at radius 3 is 2.47 bits per heavy atom. The number of likely N-dealkylation sites (tertiary alicyclic amines) is 1. The fraction of sp³-hybridized carbons (Fsp3) is 0.552. The summed E-state index contributed by atoms with van der Waals surface area (Å²) in [6, 6.07) is 10.2. The third-order valence-corrected chi connectivity index (χ3v) is 7.68. The average molecular weight is 526 g/mol. The molecular formula is C29H39N3O6. The third kappa shape index (κ3) is 6.38. The number of unbranched alkanes of at least 4 members (excludes halogenated alkanes) is 2. The molecule has 3 heterocycles. The minimum atomic E-state index is -0.901. The lowest BCUT2D eigenvalue weighted by atomic mass is 9.84. The molecular weight excluding hydrogens is 486 g/mol. The highest BCUT2D eigenvalue weighted by atomic mass is 16.7. The van der Waals surface area contributed by atoms with Crippen LogP contribution in [-0.4, -0.2) is 70.4 Å². The molecule has 38 heavy (non-hydrogen) atoms. The Labute approximate surface area is 224 Å². The molecule has 0 saturated carbocycles. The molecule has 1 fully saturated rings. The molecule has 9 nitrogen and oxygen atoms in total. The van der Waals surface area contributed by atoms with Crippen LogP contribution in [0.1, 0.15) is 57.4 Å². The summed E-state index contributed by atoms with van der Waals surface area (Å²) in [5, 5.41) is 10.4. The van der Waals surface area contributed by atoms with E-state index in [0.29, 0.717) is 44.1 Å². The Bertz CT molecular complexity index is 1160. The van der Waals surface area contributed by atoms with Crippen LogP contribution in [-0.2, 0) is 16.1 Å². The number of pyridine rings is 1. The van der Waals surface area contributed by atoms with Gasteiger partial charge in [0.1, 0.15) is 0 Å². The van der Waals surface area contributed by atoms with E-state index in [0.717, 1.165) is 31.2 Å². The first-order valence-electron chi connectivity index (χ1n) is 13.7. The van der Waals surface area contributed by atoms with Crippen molar-refractivity contribution in [1.82, 2.24) is 14.4 Å². The number of rotatable bonds is 13. The molecule has 1 N–H and O–H groups in total. The largest absolute Gasteiger partial charge is 0.481 e. The number of aromatic nitrogens is 1. The van der Waals surface area contributed by atoms with Gasteiger partial charge in [-0.3, -0.25) is 19.3 Å². The Morgan fingerprint density at radius 2 is 1.79 bits per heavy atom. The van der Waals surface area contributed by atoms with Gasteiger partial charge in [0, 0.05) is 50.4 Å². The van der Waals surface area contributed by atoms with E-state index in [1.54, 1.807) is 22.9 Å². The van der Waals surface area contributed by atoms with Crippen molar-refractivity contribution in [2.24, 2.45) is 5.92 Å². The molecule has 0 bridgehead atoms. The number of carboxylic acid groups (broad SMARTS) is 1. The lowest BCUT2D eigenvalue weighted by Gasteiger charge is -2.30. The lowest BCUT2D eigenvalue weighted by molar-refractivity contribution is -0.144. The molecule has 1 amide bonds. The van der Waals surface area contributed by atoms with Crippen LogP contribution in [0, 0.1) is 5.92 Å². The average Bonchev–Trinajstić information content (AvgIpc) is 3.52. The first-order chi connectivity index (χ1) is 18.4. The van der Waals surface area contributed by atoms with Crippen molar-refractivity contribution < 1.29 is 24.2 Å². The number of ether oxygens (including phenoxy) is 2. The van der Waals surface area contributed by atoms with Crippen LogP contribution < -0.4 is 15.0 Å². The first kappa shape index (κ1) is 27.7. The zero-order valence-electron chi connectivity index (χ0n) is 22.4. The summed E-state index contributed by atoms with van der Waals surface area (Å²) in [7, 11) is 0. The van der Waals surface area contributed by atoms with Gasteiger partial charge in [-0.15, -0.1) is 0 Å². The standard InChI is InChI=1S/C29H39N3O6/c1-3-5-13-30(14-6-4-2)27(34)19-32-18-22(21-10-11-24-25(17-21)38-20-37-24)28(29(35)36)23(32)12-16-31-15-8-7-9-26(31)33/h7-11,15,17,22-23,28H,3-6,12-14,16,18-20H2,1-2H3,(H,35,36)/t22-,23+,28-/m1/s1. The summed E-state index contributed by atoms with van der Waals surface area (Å²) >= 11 is 0. The zero-order valence-corrected chi connectivity index (χ0v) is 22.4. The third-order valence-electron chi connectivity index (χ3n) is 7.68. The number of fused-ring (bicyclic) bond motifs is 1. The Balaban J connectivity index is 1.61. The second kappa shape index (κ2) is 13.0. The number of aryl methyl sites for hydroxylation is 1. The molecule has 4 rings (SSSR count). The van der Waals surface area contributed by atoms with Crippen molar-refractivity contribution in [3.63, 3.8) is 0 Å². The molecule has 2 aliphatic heterocycles. The number of amides is 1. The van der Waals surface area contributed by atoms with Gasteiger partial charge in [0.15, 0.2) is 11.5 Å². The number of nitrogens with zero attached hydrogens (tertiary/aromatic N) is 3. The van der Waals surface area contributed by atoms with E-state index in [4.69, 9.17) is 9.47 Å². The normalized spacial score (nSPS) is 20.5. The van der Waals surface area contributed by atoms with Gasteiger partial charge in [-0.05, 0) is 43.0 Å². The summed E-state index contributed by atoms with van der Waals surface area (Å²) < 4.78 is 12.6. The van der Waals surface area contributed by atoms with Gasteiger partial charge in [0.2, 0.25) is 18.3 Å². The van der Waals surface area contributed by atoms with Crippen LogP contribution in [0.25, 0.3) is 0 Å². The van der Waals surface area contributed by atoms with Crippen LogP contribution in [0.5, 0.6) is 11.5 Å². The molecule has 2 aromatic rings. The Kier molecular flexibility index (Phi) is 9.44. The smallest absolute Gasteiger partial charge is 0.308 e. The van der Waals surface area contributed by atoms with E-state index >= 15 is 0 Å². The van der Waals surface area contributed by atoms with Crippen molar-refractivity contribution in [2.75, 3.05) is 33.0 Å². The van der Waals surface area contributed by atoms with Gasteiger partial charge in [0.05, 0.1) is 12.5 Å². The quantitative estimate of drug-likeness (QED) is 0.427. The maximum Gasteiger partial charge on any atom is 0.308 e. The molecule has 1 aromatic carbocycles. The van der Waals surface area contributed by atoms with Crippen molar-refractivity contribution in [3.05, 3.63) is 58.5 Å². The van der Waals surface area contributed by atoms with E-state index in [9.17, 15) is 19.5 Å². The van der Waals surface area contributed by atoms with E-state index in [1.165, 1.54) is 6.07 Å². The minimum absolute atomic E-state index is 0.0317. The molecule has 0 aliphatic carbocycles. The number of aliphatic carboxylic acids is 1. The molecule has 9 heteroatoms. The predicted octanol–water partition coefficient (Wildman–Crippen LogP) is 3.56. The monoisotopic (exact) mass is 525 g/mol. The second-order valence-electron chi connectivity index (χ2n) is 10.2. The van der Waals surface area contributed by atoms with Gasteiger partial charge < -0.3 is 24.0 Å². The van der Waals surface area contributed by atoms with E-state index in [1.807, 2.05) is 28.0 Å². The fourth-order valence-electron chi connectivity index (χ4n) is 5.58. The number of benzene rings is 1. The molecule has 0 spiro atoms. The molecule has 1 saturated heterocycles. The highest BCUT2D eigenvalue weighted by Gasteiger charge is 2.47. The lowest BCUT2D eigenvalue weighted by Crippen LogP contribution is -2.45. The van der Waals surface area contributed by atoms with Gasteiger partial charge in [-0.1, -0.05) is 38.8 Å². The second-order valence-corrected chi connectivity index (χ2v) is 10.2. The molecule has 3 atom stereocenters. The number of carbonyl (C=O) groups excluding carboxylic acids is 1. The van der Waals surface area contributed by atoms with Crippen LogP contribution >= 0.6 is 0 Å². The van der Waals surface area contributed by atoms with Gasteiger partial charge in [-0.2, -0.15) is 0 Å². The number of carboxylic acids is 1. The summed E-state index contributed by atoms with van der Waals surface area (Å²) in [5.74, 6) is -0.674. The van der Waals surface area contributed by atoms with Crippen molar-refractivity contribution in [3.8, 4) is 11.5 Å². The van der Waals surface area contributed by atoms with Crippen LogP contribution in [0.2, 0.25) is 0 Å². The molecule has 1 aromatic heterocycles. The Hall–Kier alpha value is -3.33. The van der Waals surface area contributed by atoms with E-state index in [-0.39, 0.29) is 30.7 Å². The van der Waals surface area contributed by atoms with E-state index in [2.05, 4.69) is 13.8 Å². The summed E-state index contributed by atoms with van der Waals surface area (Å²) in [4.78, 5) is 42.5. The van der Waals surface area contributed by atoms with Gasteiger partial charge >= 0.3 is 5.97 Å². The highest BCUT2D eigenvalue weighted by Crippen LogP contribution is 2.42.